The van der Waals surface area contributed by atoms with Crippen LogP contribution < -0.4 is 10.6 Å². The first-order valence-electron chi connectivity index (χ1n) is 5.44. The van der Waals surface area contributed by atoms with Crippen LogP contribution in [0.1, 0.15) is 5.56 Å². The van der Waals surface area contributed by atoms with Gasteiger partial charge >= 0.3 is 0 Å². The van der Waals surface area contributed by atoms with Crippen LogP contribution in [0.3, 0.4) is 0 Å². The first kappa shape index (κ1) is 13.2. The van der Waals surface area contributed by atoms with E-state index in [4.69, 9.17) is 18.0 Å². The number of anilines is 1. The summed E-state index contributed by atoms with van der Waals surface area (Å²) < 4.78 is 36.1. The number of rotatable bonds is 2. The third kappa shape index (κ3) is 2.78. The normalized spacial score (nSPS) is 18.6. The van der Waals surface area contributed by atoms with Gasteiger partial charge in [0, 0.05) is 24.3 Å². The standard InChI is InChI=1S/C11H13FN2O2S2/c12-10-2-1-8(7-9(10)11(13)17)14-3-5-18(15,16)6-4-14/h1-2,7H,3-6H2,(H2,13,17). The molecule has 4 nitrogen and oxygen atoms in total. The lowest BCUT2D eigenvalue weighted by Crippen LogP contribution is -2.40. The van der Waals surface area contributed by atoms with Gasteiger partial charge in [0.25, 0.3) is 0 Å². The number of hydrogen-bond donors (Lipinski definition) is 1. The van der Waals surface area contributed by atoms with E-state index in [1.807, 2.05) is 4.90 Å². The van der Waals surface area contributed by atoms with Crippen molar-refractivity contribution in [2.45, 2.75) is 0 Å². The Balaban J connectivity index is 2.25. The van der Waals surface area contributed by atoms with Crippen LogP contribution in [0.5, 0.6) is 0 Å². The molecule has 7 heteroatoms. The number of nitrogens with two attached hydrogens (primary N) is 1. The summed E-state index contributed by atoms with van der Waals surface area (Å²) in [5, 5.41) is 0. The average Bonchev–Trinajstić information content (AvgIpc) is 2.30. The smallest absolute Gasteiger partial charge is 0.153 e. The fourth-order valence-corrected chi connectivity index (χ4v) is 3.23. The van der Waals surface area contributed by atoms with E-state index in [-0.39, 0.29) is 22.1 Å². The number of thiocarbonyl (C=S) groups is 1. The lowest BCUT2D eigenvalue weighted by molar-refractivity contribution is 0.586. The van der Waals surface area contributed by atoms with Crippen LogP contribution in [0, 0.1) is 5.82 Å². The van der Waals surface area contributed by atoms with Crippen LogP contribution in [0.25, 0.3) is 0 Å². The lowest BCUT2D eigenvalue weighted by atomic mass is 10.1. The van der Waals surface area contributed by atoms with E-state index in [9.17, 15) is 12.8 Å². The second kappa shape index (κ2) is 4.81. The molecule has 0 aliphatic carbocycles. The summed E-state index contributed by atoms with van der Waals surface area (Å²) in [6.45, 7) is 0.815. The van der Waals surface area contributed by atoms with E-state index in [1.54, 1.807) is 12.1 Å². The lowest BCUT2D eigenvalue weighted by Gasteiger charge is -2.29. The Morgan fingerprint density at radius 2 is 1.94 bits per heavy atom. The van der Waals surface area contributed by atoms with Crippen LogP contribution >= 0.6 is 12.2 Å². The largest absolute Gasteiger partial charge is 0.389 e. The second-order valence-electron chi connectivity index (χ2n) is 4.17. The molecular weight excluding hydrogens is 275 g/mol. The molecule has 2 rings (SSSR count). The molecule has 0 aromatic heterocycles. The SMILES string of the molecule is NC(=S)c1cc(N2CCS(=O)(=O)CC2)ccc1F. The minimum Gasteiger partial charge on any atom is -0.389 e. The average molecular weight is 288 g/mol. The van der Waals surface area contributed by atoms with E-state index in [1.165, 1.54) is 6.07 Å². The van der Waals surface area contributed by atoms with Crippen molar-refractivity contribution in [1.82, 2.24) is 0 Å². The molecule has 0 amide bonds. The maximum atomic E-state index is 13.4. The van der Waals surface area contributed by atoms with E-state index in [2.05, 4.69) is 0 Å². The van der Waals surface area contributed by atoms with Gasteiger partial charge < -0.3 is 10.6 Å². The Bertz CT molecular complexity index is 573. The third-order valence-electron chi connectivity index (χ3n) is 2.92. The van der Waals surface area contributed by atoms with Crippen molar-refractivity contribution in [3.8, 4) is 0 Å². The molecule has 0 radical (unpaired) electrons. The summed E-state index contributed by atoms with van der Waals surface area (Å²) in [6.07, 6.45) is 0. The van der Waals surface area contributed by atoms with Gasteiger partial charge in [-0.1, -0.05) is 12.2 Å². The summed E-state index contributed by atoms with van der Waals surface area (Å²) in [4.78, 5) is 1.89. The highest BCUT2D eigenvalue weighted by molar-refractivity contribution is 7.91. The topological polar surface area (TPSA) is 63.4 Å². The predicted molar refractivity (Wildman–Crippen MR) is 73.2 cm³/mol. The fourth-order valence-electron chi connectivity index (χ4n) is 1.87. The highest BCUT2D eigenvalue weighted by atomic mass is 32.2. The molecule has 0 atom stereocenters. The Hall–Kier alpha value is -1.21. The maximum Gasteiger partial charge on any atom is 0.153 e. The molecule has 1 saturated heterocycles. The van der Waals surface area contributed by atoms with Crippen LogP contribution in [-0.2, 0) is 9.84 Å². The molecule has 1 aromatic carbocycles. The Morgan fingerprint density at radius 1 is 1.33 bits per heavy atom. The van der Waals surface area contributed by atoms with E-state index in [0.717, 1.165) is 5.69 Å². The van der Waals surface area contributed by atoms with Gasteiger partial charge in [-0.25, -0.2) is 12.8 Å². The number of nitrogens with zero attached hydrogens (tertiary/aromatic N) is 1. The molecule has 1 heterocycles. The van der Waals surface area contributed by atoms with Gasteiger partial charge in [-0.3, -0.25) is 0 Å². The number of sulfone groups is 1. The molecule has 1 fully saturated rings. The first-order chi connectivity index (χ1) is 8.39. The zero-order valence-corrected chi connectivity index (χ0v) is 11.2. The van der Waals surface area contributed by atoms with Crippen LogP contribution in [0.2, 0.25) is 0 Å². The Labute approximate surface area is 110 Å². The molecule has 0 unspecified atom stereocenters. The number of halogens is 1. The van der Waals surface area contributed by atoms with E-state index < -0.39 is 15.7 Å². The third-order valence-corrected chi connectivity index (χ3v) is 4.75. The monoisotopic (exact) mass is 288 g/mol. The summed E-state index contributed by atoms with van der Waals surface area (Å²) in [6, 6.07) is 4.47. The van der Waals surface area contributed by atoms with Gasteiger partial charge in [-0.2, -0.15) is 0 Å². The number of hydrogen-bond acceptors (Lipinski definition) is 4. The van der Waals surface area contributed by atoms with Crippen LogP contribution in [0.15, 0.2) is 18.2 Å². The summed E-state index contributed by atoms with van der Waals surface area (Å²) in [5.41, 5.74) is 6.37. The molecular formula is C11H13FN2O2S2. The summed E-state index contributed by atoms with van der Waals surface area (Å²) >= 11 is 4.77. The van der Waals surface area contributed by atoms with Gasteiger partial charge in [-0.05, 0) is 18.2 Å². The molecule has 1 aliphatic rings. The van der Waals surface area contributed by atoms with Crippen molar-refractivity contribution in [1.29, 1.82) is 0 Å². The van der Waals surface area contributed by atoms with Gasteiger partial charge in [0.05, 0.1) is 11.5 Å². The minimum atomic E-state index is -2.92. The van der Waals surface area contributed by atoms with Gasteiger partial charge in [-0.15, -0.1) is 0 Å². The summed E-state index contributed by atoms with van der Waals surface area (Å²) in [7, 11) is -2.92. The van der Waals surface area contributed by atoms with Gasteiger partial charge in [0.15, 0.2) is 9.84 Å². The molecule has 0 bridgehead atoms. The molecule has 18 heavy (non-hydrogen) atoms. The fraction of sp³-hybridized carbons (Fsp3) is 0.364. The highest BCUT2D eigenvalue weighted by Crippen LogP contribution is 2.21. The van der Waals surface area contributed by atoms with Gasteiger partial charge in [0.1, 0.15) is 10.8 Å². The molecule has 1 aromatic rings. The van der Waals surface area contributed by atoms with E-state index in [0.29, 0.717) is 13.1 Å². The van der Waals surface area contributed by atoms with Crippen LogP contribution in [-0.4, -0.2) is 38.0 Å². The van der Waals surface area contributed by atoms with Crippen LogP contribution in [0.4, 0.5) is 10.1 Å². The summed E-state index contributed by atoms with van der Waals surface area (Å²) in [5.74, 6) is -0.226. The highest BCUT2D eigenvalue weighted by Gasteiger charge is 2.22. The van der Waals surface area contributed by atoms with Crippen molar-refractivity contribution < 1.29 is 12.8 Å². The van der Waals surface area contributed by atoms with Crippen molar-refractivity contribution >= 4 is 32.7 Å². The van der Waals surface area contributed by atoms with Crippen molar-refractivity contribution in [3.63, 3.8) is 0 Å². The molecule has 2 N–H and O–H groups in total. The quantitative estimate of drug-likeness (QED) is 0.812. The van der Waals surface area contributed by atoms with E-state index >= 15 is 0 Å². The number of benzene rings is 1. The zero-order valence-electron chi connectivity index (χ0n) is 9.60. The predicted octanol–water partition coefficient (Wildman–Crippen LogP) is 0.695. The zero-order chi connectivity index (χ0) is 13.3. The molecule has 98 valence electrons. The molecule has 0 spiro atoms. The Kier molecular flexibility index (Phi) is 3.54. The molecule has 1 aliphatic heterocycles. The van der Waals surface area contributed by atoms with Crippen molar-refractivity contribution in [3.05, 3.63) is 29.6 Å². The molecule has 0 saturated carbocycles. The Morgan fingerprint density at radius 3 is 2.50 bits per heavy atom. The first-order valence-corrected chi connectivity index (χ1v) is 7.67. The minimum absolute atomic E-state index is 0.000944. The van der Waals surface area contributed by atoms with Gasteiger partial charge in [0.2, 0.25) is 0 Å². The van der Waals surface area contributed by atoms with Crippen molar-refractivity contribution in [2.24, 2.45) is 5.73 Å². The van der Waals surface area contributed by atoms with Crippen molar-refractivity contribution in [2.75, 3.05) is 29.5 Å². The maximum absolute atomic E-state index is 13.4. The second-order valence-corrected chi connectivity index (χ2v) is 6.91.